The highest BCUT2D eigenvalue weighted by atomic mass is 16.5. The summed E-state index contributed by atoms with van der Waals surface area (Å²) in [5.74, 6) is 0.882. The van der Waals surface area contributed by atoms with Crippen LogP contribution in [0.4, 0.5) is 17.2 Å². The van der Waals surface area contributed by atoms with Gasteiger partial charge in [0.25, 0.3) is 0 Å². The van der Waals surface area contributed by atoms with Crippen LogP contribution in [0.5, 0.6) is 0 Å². The van der Waals surface area contributed by atoms with Gasteiger partial charge in [-0.2, -0.15) is 0 Å². The predicted octanol–water partition coefficient (Wildman–Crippen LogP) is 4.05. The van der Waals surface area contributed by atoms with E-state index < -0.39 is 0 Å². The molecule has 1 unspecified atom stereocenters. The van der Waals surface area contributed by atoms with Crippen LogP contribution in [0.15, 0.2) is 36.4 Å². The normalized spacial score (nSPS) is 19.5. The van der Waals surface area contributed by atoms with Gasteiger partial charge in [0.15, 0.2) is 0 Å². The van der Waals surface area contributed by atoms with E-state index in [2.05, 4.69) is 58.2 Å². The second-order valence-electron chi connectivity index (χ2n) is 8.26. The number of benzene rings is 1. The number of methoxy groups -OCH3 is 1. The van der Waals surface area contributed by atoms with Gasteiger partial charge in [0.05, 0.1) is 19.3 Å². The summed E-state index contributed by atoms with van der Waals surface area (Å²) in [6.45, 7) is 3.51. The number of morpholine rings is 1. The van der Waals surface area contributed by atoms with E-state index in [4.69, 9.17) is 14.5 Å². The molecule has 0 bridgehead atoms. The van der Waals surface area contributed by atoms with Crippen LogP contribution in [0.25, 0.3) is 11.0 Å². The third-order valence-corrected chi connectivity index (χ3v) is 6.54. The van der Waals surface area contributed by atoms with Gasteiger partial charge in [-0.25, -0.2) is 4.98 Å². The molecule has 1 atom stereocenters. The number of ether oxygens (including phenoxy) is 2. The minimum atomic E-state index is 0.363. The van der Waals surface area contributed by atoms with Crippen LogP contribution >= 0.6 is 0 Å². The average molecular weight is 407 g/mol. The van der Waals surface area contributed by atoms with Gasteiger partial charge in [0.2, 0.25) is 0 Å². The van der Waals surface area contributed by atoms with Crippen molar-refractivity contribution in [2.45, 2.75) is 31.8 Å². The van der Waals surface area contributed by atoms with E-state index in [0.29, 0.717) is 6.10 Å². The second kappa shape index (κ2) is 8.28. The molecule has 2 aromatic heterocycles. The average Bonchev–Trinajstić information content (AvgIpc) is 2.93. The summed E-state index contributed by atoms with van der Waals surface area (Å²) in [6, 6.07) is 12.9. The number of nitrogens with zero attached hydrogens (tertiary/aromatic N) is 3. The molecule has 2 aliphatic rings. The van der Waals surface area contributed by atoms with Gasteiger partial charge in [-0.05, 0) is 67.6 Å². The van der Waals surface area contributed by atoms with Crippen molar-refractivity contribution in [1.82, 2.24) is 9.55 Å². The number of hydrogen-bond acceptors (Lipinski definition) is 5. The number of rotatable bonds is 4. The quantitative estimate of drug-likeness (QED) is 0.663. The first-order chi connectivity index (χ1) is 14.7. The molecule has 0 saturated carbocycles. The Morgan fingerprint density at radius 3 is 2.57 bits per heavy atom. The fraction of sp³-hybridized carbons (Fsp3) is 0.458. The molecular weight excluding hydrogens is 376 g/mol. The molecule has 158 valence electrons. The number of hydrogen-bond donors (Lipinski definition) is 1. The molecule has 1 saturated heterocycles. The number of fused-ring (bicyclic) bond motifs is 3. The van der Waals surface area contributed by atoms with E-state index in [1.54, 1.807) is 0 Å². The van der Waals surface area contributed by atoms with Crippen molar-refractivity contribution in [3.8, 4) is 0 Å². The van der Waals surface area contributed by atoms with Gasteiger partial charge in [0, 0.05) is 49.7 Å². The highest BCUT2D eigenvalue weighted by Crippen LogP contribution is 2.32. The first-order valence-corrected chi connectivity index (χ1v) is 10.9. The summed E-state index contributed by atoms with van der Waals surface area (Å²) in [7, 11) is 3.97. The maximum absolute atomic E-state index is 5.61. The zero-order chi connectivity index (χ0) is 20.5. The largest absolute Gasteiger partial charge is 0.381 e. The lowest BCUT2D eigenvalue weighted by molar-refractivity contribution is 0.0906. The molecule has 6 nitrogen and oxygen atoms in total. The molecule has 1 aromatic carbocycles. The Hall–Kier alpha value is -2.57. The lowest BCUT2D eigenvalue weighted by Crippen LogP contribution is -2.36. The molecule has 0 radical (unpaired) electrons. The molecule has 3 aromatic rings. The molecule has 30 heavy (non-hydrogen) atoms. The maximum atomic E-state index is 5.61. The molecule has 1 aliphatic heterocycles. The zero-order valence-electron chi connectivity index (χ0n) is 17.9. The standard InChI is InChI=1S/C24H30N4O2/c1-27-22-11-8-19(29-2)7-9-20(22)21-10-12-23(26-24(21)27)25-17-3-5-18(6-4-17)28-13-15-30-16-14-28/h3-6,10,12,19H,7-9,11,13-16H2,1-2H3,(H,25,26). The number of anilines is 3. The van der Waals surface area contributed by atoms with E-state index in [1.807, 2.05) is 7.11 Å². The van der Waals surface area contributed by atoms with Gasteiger partial charge >= 0.3 is 0 Å². The van der Waals surface area contributed by atoms with E-state index in [0.717, 1.165) is 69.1 Å². The Balaban J connectivity index is 1.36. The summed E-state index contributed by atoms with van der Waals surface area (Å²) < 4.78 is 13.3. The van der Waals surface area contributed by atoms with Crippen molar-refractivity contribution >= 4 is 28.2 Å². The number of aryl methyl sites for hydroxylation is 2. The summed E-state index contributed by atoms with van der Waals surface area (Å²) in [4.78, 5) is 7.31. The first kappa shape index (κ1) is 19.4. The molecule has 1 aliphatic carbocycles. The highest BCUT2D eigenvalue weighted by Gasteiger charge is 2.22. The number of nitrogens with one attached hydrogen (secondary N) is 1. The Bertz CT molecular complexity index is 1020. The highest BCUT2D eigenvalue weighted by molar-refractivity contribution is 5.84. The van der Waals surface area contributed by atoms with Crippen LogP contribution in [-0.2, 0) is 29.4 Å². The minimum absolute atomic E-state index is 0.363. The lowest BCUT2D eigenvalue weighted by atomic mass is 10.1. The maximum Gasteiger partial charge on any atom is 0.142 e. The van der Waals surface area contributed by atoms with Crippen molar-refractivity contribution in [2.24, 2.45) is 7.05 Å². The molecule has 1 fully saturated rings. The molecule has 3 heterocycles. The van der Waals surface area contributed by atoms with Crippen LogP contribution < -0.4 is 10.2 Å². The third kappa shape index (κ3) is 3.66. The Morgan fingerprint density at radius 2 is 1.80 bits per heavy atom. The van der Waals surface area contributed by atoms with Crippen molar-refractivity contribution in [2.75, 3.05) is 43.6 Å². The molecule has 6 heteroatoms. The topological polar surface area (TPSA) is 51.5 Å². The number of aromatic nitrogens is 2. The first-order valence-electron chi connectivity index (χ1n) is 10.9. The summed E-state index contributed by atoms with van der Waals surface area (Å²) >= 11 is 0. The van der Waals surface area contributed by atoms with Gasteiger partial charge in [-0.1, -0.05) is 0 Å². The number of pyridine rings is 1. The van der Waals surface area contributed by atoms with Crippen molar-refractivity contribution < 1.29 is 9.47 Å². The zero-order valence-corrected chi connectivity index (χ0v) is 17.9. The Kier molecular flexibility index (Phi) is 5.35. The summed E-state index contributed by atoms with van der Waals surface area (Å²) in [5, 5.41) is 4.75. The Morgan fingerprint density at radius 1 is 1.03 bits per heavy atom. The summed E-state index contributed by atoms with van der Waals surface area (Å²) in [6.07, 6.45) is 4.63. The van der Waals surface area contributed by atoms with E-state index >= 15 is 0 Å². The van der Waals surface area contributed by atoms with Crippen molar-refractivity contribution in [3.63, 3.8) is 0 Å². The Labute approximate surface area is 177 Å². The summed E-state index contributed by atoms with van der Waals surface area (Å²) in [5.41, 5.74) is 6.21. The van der Waals surface area contributed by atoms with Crippen LogP contribution in [0.3, 0.4) is 0 Å². The van der Waals surface area contributed by atoms with Crippen LogP contribution in [-0.4, -0.2) is 49.1 Å². The predicted molar refractivity (Wildman–Crippen MR) is 121 cm³/mol. The molecule has 5 rings (SSSR count). The lowest BCUT2D eigenvalue weighted by Gasteiger charge is -2.28. The van der Waals surface area contributed by atoms with Gasteiger partial charge in [0.1, 0.15) is 11.5 Å². The molecule has 1 N–H and O–H groups in total. The van der Waals surface area contributed by atoms with Crippen LogP contribution in [0.2, 0.25) is 0 Å². The smallest absolute Gasteiger partial charge is 0.142 e. The fourth-order valence-electron chi connectivity index (χ4n) is 4.80. The van der Waals surface area contributed by atoms with E-state index in [1.165, 1.54) is 22.3 Å². The minimum Gasteiger partial charge on any atom is -0.381 e. The molecular formula is C24H30N4O2. The van der Waals surface area contributed by atoms with E-state index in [9.17, 15) is 0 Å². The van der Waals surface area contributed by atoms with Crippen LogP contribution in [0.1, 0.15) is 24.1 Å². The van der Waals surface area contributed by atoms with E-state index in [-0.39, 0.29) is 0 Å². The fourth-order valence-corrected chi connectivity index (χ4v) is 4.80. The van der Waals surface area contributed by atoms with Crippen LogP contribution in [0, 0.1) is 0 Å². The SMILES string of the molecule is COC1CCc2c(n(C)c3nc(Nc4ccc(N5CCOCC5)cc4)ccc23)CC1. The van der Waals surface area contributed by atoms with Gasteiger partial charge in [-0.15, -0.1) is 0 Å². The molecule has 0 spiro atoms. The van der Waals surface area contributed by atoms with Gasteiger partial charge < -0.3 is 24.3 Å². The van der Waals surface area contributed by atoms with Crippen molar-refractivity contribution in [3.05, 3.63) is 47.7 Å². The third-order valence-electron chi connectivity index (χ3n) is 6.54. The second-order valence-corrected chi connectivity index (χ2v) is 8.26. The van der Waals surface area contributed by atoms with Gasteiger partial charge in [-0.3, -0.25) is 0 Å². The molecule has 0 amide bonds. The van der Waals surface area contributed by atoms with Crippen molar-refractivity contribution in [1.29, 1.82) is 0 Å². The monoisotopic (exact) mass is 406 g/mol.